The number of aromatic nitrogens is 2. The Kier molecular flexibility index (Phi) is 6.21. The molecule has 0 spiro atoms. The van der Waals surface area contributed by atoms with Crippen LogP contribution < -0.4 is 10.6 Å². The fourth-order valence-electron chi connectivity index (χ4n) is 2.48. The van der Waals surface area contributed by atoms with E-state index in [2.05, 4.69) is 25.3 Å². The summed E-state index contributed by atoms with van der Waals surface area (Å²) in [5.41, 5.74) is 0.634. The second kappa shape index (κ2) is 8.02. The van der Waals surface area contributed by atoms with Crippen LogP contribution in [0.3, 0.4) is 0 Å². The van der Waals surface area contributed by atoms with Gasteiger partial charge >= 0.3 is 12.1 Å². The smallest absolute Gasteiger partial charge is 0.391 e. The number of aliphatic hydroxyl groups is 1. The topological polar surface area (TPSA) is 100 Å². The zero-order chi connectivity index (χ0) is 18.0. The molecule has 1 aromatic carbocycles. The van der Waals surface area contributed by atoms with Gasteiger partial charge in [0.2, 0.25) is 5.82 Å². The molecule has 2 aromatic rings. The molecule has 7 nitrogen and oxygen atoms in total. The molecule has 1 aliphatic rings. The molecule has 0 bridgehead atoms. The molecule has 1 aromatic heterocycles. The fourth-order valence-corrected chi connectivity index (χ4v) is 2.48. The summed E-state index contributed by atoms with van der Waals surface area (Å²) < 4.78 is 41.5. The minimum atomic E-state index is -4.70. The zero-order valence-electron chi connectivity index (χ0n) is 13.3. The molecule has 142 valence electrons. The fraction of sp³-hybridized carbons (Fsp3) is 0.400. The Morgan fingerprint density at radius 2 is 2.00 bits per heavy atom. The van der Waals surface area contributed by atoms with E-state index in [0.717, 1.165) is 0 Å². The summed E-state index contributed by atoms with van der Waals surface area (Å²) in [6.07, 6.45) is -5.20. The van der Waals surface area contributed by atoms with E-state index >= 15 is 0 Å². The molecule has 11 heteroatoms. The molecule has 1 amide bonds. The molecule has 0 radical (unpaired) electrons. The highest BCUT2D eigenvalue weighted by atomic mass is 35.5. The maximum atomic E-state index is 12.5. The van der Waals surface area contributed by atoms with Crippen molar-refractivity contribution >= 4 is 18.3 Å². The van der Waals surface area contributed by atoms with Gasteiger partial charge in [-0.2, -0.15) is 18.2 Å². The van der Waals surface area contributed by atoms with Crippen LogP contribution in [0, 0.1) is 5.92 Å². The molecule has 2 atom stereocenters. The number of aliphatic hydroxyl groups excluding tert-OH is 1. The molecular formula is C15H16ClF3N4O3. The number of amides is 1. The van der Waals surface area contributed by atoms with Crippen LogP contribution in [-0.4, -0.2) is 46.9 Å². The number of nitrogens with zero attached hydrogens (tertiary/aromatic N) is 2. The zero-order valence-corrected chi connectivity index (χ0v) is 14.1. The molecule has 0 aliphatic carbocycles. The number of alkyl halides is 3. The van der Waals surface area contributed by atoms with Crippen molar-refractivity contribution in [3.63, 3.8) is 0 Å². The van der Waals surface area contributed by atoms with Crippen LogP contribution in [0.25, 0.3) is 11.4 Å². The Labute approximate surface area is 152 Å². The van der Waals surface area contributed by atoms with Crippen LogP contribution in [-0.2, 0) is 6.18 Å². The SMILES string of the molecule is Cl.O=C(NCC1CNCC1O)c1ccc(-c2noc(C(F)(F)F)n2)cc1. The number of β-amino-alcohol motifs (C(OH)–C–C–N with tert-alkyl or cyclic N) is 1. The van der Waals surface area contributed by atoms with Crippen molar-refractivity contribution in [3.8, 4) is 11.4 Å². The number of benzene rings is 1. The summed E-state index contributed by atoms with van der Waals surface area (Å²) in [5.74, 6) is -2.02. The van der Waals surface area contributed by atoms with Gasteiger partial charge in [-0.3, -0.25) is 4.79 Å². The number of carbonyl (C=O) groups is 1. The lowest BCUT2D eigenvalue weighted by Crippen LogP contribution is -2.34. The van der Waals surface area contributed by atoms with E-state index < -0.39 is 18.2 Å². The summed E-state index contributed by atoms with van der Waals surface area (Å²) in [7, 11) is 0. The number of rotatable bonds is 4. The van der Waals surface area contributed by atoms with E-state index in [9.17, 15) is 23.1 Å². The monoisotopic (exact) mass is 392 g/mol. The maximum absolute atomic E-state index is 12.5. The highest BCUT2D eigenvalue weighted by Gasteiger charge is 2.38. The Balaban J connectivity index is 0.00000243. The third kappa shape index (κ3) is 4.51. The van der Waals surface area contributed by atoms with E-state index in [1.165, 1.54) is 24.3 Å². The number of nitrogens with one attached hydrogen (secondary N) is 2. The predicted molar refractivity (Wildman–Crippen MR) is 86.7 cm³/mol. The molecule has 2 heterocycles. The summed E-state index contributed by atoms with van der Waals surface area (Å²) >= 11 is 0. The molecule has 3 rings (SSSR count). The molecule has 1 saturated heterocycles. The van der Waals surface area contributed by atoms with Crippen molar-refractivity contribution in [2.45, 2.75) is 12.3 Å². The molecule has 3 N–H and O–H groups in total. The van der Waals surface area contributed by atoms with Crippen molar-refractivity contribution < 1.29 is 27.6 Å². The van der Waals surface area contributed by atoms with Gasteiger partial charge in [0.05, 0.1) is 6.10 Å². The lowest BCUT2D eigenvalue weighted by molar-refractivity contribution is -0.159. The molecule has 0 saturated carbocycles. The van der Waals surface area contributed by atoms with Gasteiger partial charge in [0.15, 0.2) is 0 Å². The lowest BCUT2D eigenvalue weighted by atomic mass is 10.1. The Morgan fingerprint density at radius 3 is 2.54 bits per heavy atom. The van der Waals surface area contributed by atoms with E-state index in [1.54, 1.807) is 0 Å². The Hall–Kier alpha value is -2.17. The summed E-state index contributed by atoms with van der Waals surface area (Å²) in [4.78, 5) is 15.4. The number of halogens is 4. The Morgan fingerprint density at radius 1 is 1.31 bits per heavy atom. The summed E-state index contributed by atoms with van der Waals surface area (Å²) in [5, 5.41) is 18.7. The van der Waals surface area contributed by atoms with Crippen LogP contribution in [0.1, 0.15) is 16.2 Å². The van der Waals surface area contributed by atoms with Gasteiger partial charge in [0, 0.05) is 36.7 Å². The van der Waals surface area contributed by atoms with Crippen LogP contribution in [0.15, 0.2) is 28.8 Å². The molecule has 26 heavy (non-hydrogen) atoms. The lowest BCUT2D eigenvalue weighted by Gasteiger charge is -2.14. The quantitative estimate of drug-likeness (QED) is 0.729. The highest BCUT2D eigenvalue weighted by Crippen LogP contribution is 2.29. The largest absolute Gasteiger partial charge is 0.471 e. The van der Waals surface area contributed by atoms with Gasteiger partial charge in [-0.05, 0) is 12.1 Å². The van der Waals surface area contributed by atoms with Crippen molar-refractivity contribution in [3.05, 3.63) is 35.7 Å². The van der Waals surface area contributed by atoms with Gasteiger partial charge in [-0.25, -0.2) is 0 Å². The van der Waals surface area contributed by atoms with Crippen molar-refractivity contribution in [1.29, 1.82) is 0 Å². The summed E-state index contributed by atoms with van der Waals surface area (Å²) in [6, 6.07) is 5.78. The van der Waals surface area contributed by atoms with Crippen LogP contribution in [0.5, 0.6) is 0 Å². The van der Waals surface area contributed by atoms with Crippen molar-refractivity contribution in [2.24, 2.45) is 5.92 Å². The van der Waals surface area contributed by atoms with Crippen molar-refractivity contribution in [1.82, 2.24) is 20.8 Å². The first-order valence-corrected chi connectivity index (χ1v) is 7.53. The normalized spacial score (nSPS) is 19.8. The van der Waals surface area contributed by atoms with Crippen LogP contribution >= 0.6 is 12.4 Å². The van der Waals surface area contributed by atoms with E-state index in [-0.39, 0.29) is 30.1 Å². The predicted octanol–water partition coefficient (Wildman–Crippen LogP) is 1.49. The van der Waals surface area contributed by atoms with E-state index in [0.29, 0.717) is 30.8 Å². The van der Waals surface area contributed by atoms with Crippen LogP contribution in [0.2, 0.25) is 0 Å². The van der Waals surface area contributed by atoms with Gasteiger partial charge < -0.3 is 20.3 Å². The van der Waals surface area contributed by atoms with Gasteiger partial charge in [0.25, 0.3) is 5.91 Å². The Bertz CT molecular complexity index is 751. The highest BCUT2D eigenvalue weighted by molar-refractivity contribution is 5.94. The molecule has 1 aliphatic heterocycles. The van der Waals surface area contributed by atoms with Gasteiger partial charge in [-0.1, -0.05) is 17.3 Å². The van der Waals surface area contributed by atoms with Gasteiger partial charge in [0.1, 0.15) is 0 Å². The minimum absolute atomic E-state index is 0. The summed E-state index contributed by atoms with van der Waals surface area (Å²) in [6.45, 7) is 1.45. The third-order valence-corrected chi connectivity index (χ3v) is 3.90. The molecule has 2 unspecified atom stereocenters. The third-order valence-electron chi connectivity index (χ3n) is 3.90. The van der Waals surface area contributed by atoms with E-state index in [4.69, 9.17) is 0 Å². The van der Waals surface area contributed by atoms with Gasteiger partial charge in [-0.15, -0.1) is 12.4 Å². The average molecular weight is 393 g/mol. The molecule has 1 fully saturated rings. The number of hydrogen-bond donors (Lipinski definition) is 3. The average Bonchev–Trinajstić information content (AvgIpc) is 3.21. The van der Waals surface area contributed by atoms with E-state index in [1.807, 2.05) is 0 Å². The second-order valence-corrected chi connectivity index (χ2v) is 5.69. The second-order valence-electron chi connectivity index (χ2n) is 5.69. The molecular weight excluding hydrogens is 377 g/mol. The maximum Gasteiger partial charge on any atom is 0.471 e. The van der Waals surface area contributed by atoms with Crippen LogP contribution in [0.4, 0.5) is 13.2 Å². The number of hydrogen-bond acceptors (Lipinski definition) is 6. The first-order valence-electron chi connectivity index (χ1n) is 7.53. The minimum Gasteiger partial charge on any atom is -0.391 e. The first kappa shape index (κ1) is 20.1. The standard InChI is InChI=1S/C15H15F3N4O3.ClH/c16-15(17,18)14-21-12(22-25-14)8-1-3-9(4-2-8)13(24)20-6-10-5-19-7-11(10)23;/h1-4,10-11,19,23H,5-7H2,(H,20,24);1H. The van der Waals surface area contributed by atoms with Crippen molar-refractivity contribution in [2.75, 3.05) is 19.6 Å². The first-order chi connectivity index (χ1) is 11.8. The number of carbonyl (C=O) groups excluding carboxylic acids is 1.